The first-order valence-electron chi connectivity index (χ1n) is 4.85. The molecular weight excluding hydrogens is 240 g/mol. The van der Waals surface area contributed by atoms with Crippen molar-refractivity contribution >= 4 is 17.3 Å². The molecule has 0 atom stereocenters. The maximum Gasteiger partial charge on any atom is 0.358 e. The molecule has 2 aromatic rings. The summed E-state index contributed by atoms with van der Waals surface area (Å²) in [5, 5.41) is 1.98. The SMILES string of the molecule is COC(=O)c1cnc(OCc2cccs2)cn1. The summed E-state index contributed by atoms with van der Waals surface area (Å²) in [4.78, 5) is 20.1. The molecule has 0 amide bonds. The standard InChI is InChI=1S/C11H10N2O3S/c1-15-11(14)9-5-13-10(6-12-9)16-7-8-3-2-4-17-8/h2-6H,7H2,1H3. The predicted octanol–water partition coefficient (Wildman–Crippen LogP) is 1.90. The van der Waals surface area contributed by atoms with Crippen LogP contribution >= 0.6 is 11.3 Å². The molecule has 0 bridgehead atoms. The van der Waals surface area contributed by atoms with Crippen LogP contribution in [0.25, 0.3) is 0 Å². The number of rotatable bonds is 4. The molecule has 0 fully saturated rings. The number of esters is 1. The van der Waals surface area contributed by atoms with Gasteiger partial charge in [-0.2, -0.15) is 0 Å². The smallest absolute Gasteiger partial charge is 0.358 e. The van der Waals surface area contributed by atoms with Gasteiger partial charge in [0.15, 0.2) is 5.69 Å². The fourth-order valence-corrected chi connectivity index (χ4v) is 1.76. The van der Waals surface area contributed by atoms with Gasteiger partial charge in [-0.3, -0.25) is 0 Å². The van der Waals surface area contributed by atoms with Gasteiger partial charge in [0.05, 0.1) is 19.5 Å². The van der Waals surface area contributed by atoms with Gasteiger partial charge in [-0.25, -0.2) is 14.8 Å². The predicted molar refractivity (Wildman–Crippen MR) is 62.0 cm³/mol. The van der Waals surface area contributed by atoms with Gasteiger partial charge in [0.2, 0.25) is 5.88 Å². The van der Waals surface area contributed by atoms with Gasteiger partial charge in [0.25, 0.3) is 0 Å². The molecule has 0 unspecified atom stereocenters. The number of aromatic nitrogens is 2. The maximum absolute atomic E-state index is 11.1. The number of carbonyl (C=O) groups is 1. The van der Waals surface area contributed by atoms with E-state index < -0.39 is 5.97 Å². The summed E-state index contributed by atoms with van der Waals surface area (Å²) >= 11 is 1.61. The monoisotopic (exact) mass is 250 g/mol. The van der Waals surface area contributed by atoms with Crippen molar-refractivity contribution in [1.29, 1.82) is 0 Å². The first-order chi connectivity index (χ1) is 8.29. The van der Waals surface area contributed by atoms with E-state index in [2.05, 4.69) is 14.7 Å². The molecule has 88 valence electrons. The molecule has 2 heterocycles. The molecule has 0 aromatic carbocycles. The van der Waals surface area contributed by atoms with E-state index in [-0.39, 0.29) is 5.69 Å². The second-order valence-electron chi connectivity index (χ2n) is 3.10. The molecule has 0 N–H and O–H groups in total. The third-order valence-electron chi connectivity index (χ3n) is 1.97. The first kappa shape index (κ1) is 11.5. The van der Waals surface area contributed by atoms with Gasteiger partial charge in [-0.15, -0.1) is 11.3 Å². The number of nitrogens with zero attached hydrogens (tertiary/aromatic N) is 2. The van der Waals surface area contributed by atoms with Crippen molar-refractivity contribution in [2.24, 2.45) is 0 Å². The van der Waals surface area contributed by atoms with E-state index in [0.717, 1.165) is 4.88 Å². The summed E-state index contributed by atoms with van der Waals surface area (Å²) in [5.74, 6) is -0.131. The van der Waals surface area contributed by atoms with Crippen molar-refractivity contribution in [3.8, 4) is 5.88 Å². The Labute approximate surface area is 102 Å². The van der Waals surface area contributed by atoms with Crippen LogP contribution in [-0.4, -0.2) is 23.0 Å². The summed E-state index contributed by atoms with van der Waals surface area (Å²) in [6.45, 7) is 0.448. The second kappa shape index (κ2) is 5.40. The number of carbonyl (C=O) groups excluding carboxylic acids is 1. The Bertz CT molecular complexity index is 482. The van der Waals surface area contributed by atoms with E-state index in [1.54, 1.807) is 11.3 Å². The minimum absolute atomic E-state index is 0.163. The number of hydrogen-bond donors (Lipinski definition) is 0. The molecule has 0 saturated heterocycles. The van der Waals surface area contributed by atoms with E-state index in [1.807, 2.05) is 17.5 Å². The number of thiophene rings is 1. The fraction of sp³-hybridized carbons (Fsp3) is 0.182. The summed E-state index contributed by atoms with van der Waals surface area (Å²) in [6.07, 6.45) is 2.73. The lowest BCUT2D eigenvalue weighted by Crippen LogP contribution is -2.05. The zero-order chi connectivity index (χ0) is 12.1. The highest BCUT2D eigenvalue weighted by Crippen LogP contribution is 2.12. The lowest BCUT2D eigenvalue weighted by atomic mass is 10.4. The van der Waals surface area contributed by atoms with Gasteiger partial charge in [-0.1, -0.05) is 6.07 Å². The van der Waals surface area contributed by atoms with Gasteiger partial charge in [-0.05, 0) is 11.4 Å². The lowest BCUT2D eigenvalue weighted by molar-refractivity contribution is 0.0593. The van der Waals surface area contributed by atoms with Crippen LogP contribution in [0, 0.1) is 0 Å². The summed E-state index contributed by atoms with van der Waals surface area (Å²) in [7, 11) is 1.30. The van der Waals surface area contributed by atoms with Crippen LogP contribution in [0.4, 0.5) is 0 Å². The van der Waals surface area contributed by atoms with E-state index in [0.29, 0.717) is 12.5 Å². The van der Waals surface area contributed by atoms with Crippen molar-refractivity contribution in [1.82, 2.24) is 9.97 Å². The van der Waals surface area contributed by atoms with Crippen LogP contribution in [0.1, 0.15) is 15.4 Å². The van der Waals surface area contributed by atoms with Gasteiger partial charge >= 0.3 is 5.97 Å². The number of methoxy groups -OCH3 is 1. The zero-order valence-electron chi connectivity index (χ0n) is 9.12. The van der Waals surface area contributed by atoms with Crippen molar-refractivity contribution in [2.45, 2.75) is 6.61 Å². The fourth-order valence-electron chi connectivity index (χ4n) is 1.14. The van der Waals surface area contributed by atoms with E-state index >= 15 is 0 Å². The molecule has 0 radical (unpaired) electrons. The number of hydrogen-bond acceptors (Lipinski definition) is 6. The molecule has 0 aliphatic rings. The second-order valence-corrected chi connectivity index (χ2v) is 4.13. The normalized spacial score (nSPS) is 9.94. The molecular formula is C11H10N2O3S. The Morgan fingerprint density at radius 2 is 2.29 bits per heavy atom. The van der Waals surface area contributed by atoms with Crippen molar-refractivity contribution < 1.29 is 14.3 Å². The molecule has 0 spiro atoms. The molecule has 5 nitrogen and oxygen atoms in total. The molecule has 17 heavy (non-hydrogen) atoms. The Morgan fingerprint density at radius 1 is 1.41 bits per heavy atom. The Morgan fingerprint density at radius 3 is 2.88 bits per heavy atom. The average Bonchev–Trinajstić information content (AvgIpc) is 2.89. The van der Waals surface area contributed by atoms with E-state index in [9.17, 15) is 4.79 Å². The molecule has 0 aliphatic carbocycles. The van der Waals surface area contributed by atoms with Crippen molar-refractivity contribution in [3.63, 3.8) is 0 Å². The van der Waals surface area contributed by atoms with Gasteiger partial charge in [0, 0.05) is 4.88 Å². The Balaban J connectivity index is 1.96. The Kier molecular flexibility index (Phi) is 3.66. The maximum atomic E-state index is 11.1. The highest BCUT2D eigenvalue weighted by atomic mass is 32.1. The highest BCUT2D eigenvalue weighted by Gasteiger charge is 2.07. The van der Waals surface area contributed by atoms with Crippen LogP contribution in [0.2, 0.25) is 0 Å². The molecule has 2 aromatic heterocycles. The summed E-state index contributed by atoms with van der Waals surface area (Å²) < 4.78 is 9.92. The van der Waals surface area contributed by atoms with Crippen LogP contribution < -0.4 is 4.74 Å². The first-order valence-corrected chi connectivity index (χ1v) is 5.73. The lowest BCUT2D eigenvalue weighted by Gasteiger charge is -2.03. The molecule has 6 heteroatoms. The van der Waals surface area contributed by atoms with Gasteiger partial charge < -0.3 is 9.47 Å². The quantitative estimate of drug-likeness (QED) is 0.775. The highest BCUT2D eigenvalue weighted by molar-refractivity contribution is 7.09. The third kappa shape index (κ3) is 3.01. The van der Waals surface area contributed by atoms with Crippen molar-refractivity contribution in [2.75, 3.05) is 7.11 Å². The molecule has 2 rings (SSSR count). The topological polar surface area (TPSA) is 61.3 Å². The van der Waals surface area contributed by atoms with E-state index in [4.69, 9.17) is 4.74 Å². The third-order valence-corrected chi connectivity index (χ3v) is 2.81. The minimum Gasteiger partial charge on any atom is -0.471 e. The van der Waals surface area contributed by atoms with Crippen LogP contribution in [0.15, 0.2) is 29.9 Å². The van der Waals surface area contributed by atoms with Gasteiger partial charge in [0.1, 0.15) is 6.61 Å². The summed E-state index contributed by atoms with van der Waals surface area (Å²) in [5.41, 5.74) is 0.163. The largest absolute Gasteiger partial charge is 0.471 e. The van der Waals surface area contributed by atoms with E-state index in [1.165, 1.54) is 19.5 Å². The molecule has 0 aliphatic heterocycles. The molecule has 0 saturated carbocycles. The Hall–Kier alpha value is -1.95. The van der Waals surface area contributed by atoms with Crippen molar-refractivity contribution in [3.05, 3.63) is 40.5 Å². The summed E-state index contributed by atoms with van der Waals surface area (Å²) in [6, 6.07) is 3.93. The minimum atomic E-state index is -0.512. The van der Waals surface area contributed by atoms with Crippen LogP contribution in [-0.2, 0) is 11.3 Å². The van der Waals surface area contributed by atoms with Crippen LogP contribution in [0.5, 0.6) is 5.88 Å². The van der Waals surface area contributed by atoms with Crippen LogP contribution in [0.3, 0.4) is 0 Å². The average molecular weight is 250 g/mol. The zero-order valence-corrected chi connectivity index (χ0v) is 9.94. The number of ether oxygens (including phenoxy) is 2.